The molecule has 3 heteroatoms. The van der Waals surface area contributed by atoms with Gasteiger partial charge in [0.1, 0.15) is 5.82 Å². The van der Waals surface area contributed by atoms with Gasteiger partial charge in [0.2, 0.25) is 0 Å². The lowest BCUT2D eigenvalue weighted by atomic mass is 9.74. The van der Waals surface area contributed by atoms with Gasteiger partial charge in [-0.05, 0) is 68.3 Å². The standard InChI is InChI=1S/C16H23BrFN/c1-3-11-4-5-16(19-2)13(6-11)7-12-8-14(17)10-15(18)9-12/h8-11,13,16,19H,3-7H2,1-2H3. The van der Waals surface area contributed by atoms with Crippen LogP contribution in [0.25, 0.3) is 0 Å². The summed E-state index contributed by atoms with van der Waals surface area (Å²) in [5.74, 6) is 1.32. The van der Waals surface area contributed by atoms with Crippen LogP contribution in [0.1, 0.15) is 38.2 Å². The van der Waals surface area contributed by atoms with E-state index < -0.39 is 0 Å². The SMILES string of the molecule is CCC1CCC(NC)C(Cc2cc(F)cc(Br)c2)C1. The lowest BCUT2D eigenvalue weighted by molar-refractivity contribution is 0.205. The molecule has 0 aliphatic heterocycles. The molecule has 3 atom stereocenters. The van der Waals surface area contributed by atoms with E-state index in [9.17, 15) is 4.39 Å². The van der Waals surface area contributed by atoms with Crippen LogP contribution < -0.4 is 5.32 Å². The Morgan fingerprint density at radius 3 is 2.74 bits per heavy atom. The Morgan fingerprint density at radius 2 is 2.11 bits per heavy atom. The van der Waals surface area contributed by atoms with Crippen LogP contribution in [0.5, 0.6) is 0 Å². The van der Waals surface area contributed by atoms with E-state index in [2.05, 4.69) is 28.2 Å². The third-order valence-corrected chi connectivity index (χ3v) is 4.92. The van der Waals surface area contributed by atoms with Crippen LogP contribution in [0.3, 0.4) is 0 Å². The van der Waals surface area contributed by atoms with Gasteiger partial charge >= 0.3 is 0 Å². The molecule has 1 aromatic rings. The molecule has 3 unspecified atom stereocenters. The predicted octanol–water partition coefficient (Wildman–Crippen LogP) is 4.55. The van der Waals surface area contributed by atoms with Crippen LogP contribution >= 0.6 is 15.9 Å². The molecular formula is C16H23BrFN. The van der Waals surface area contributed by atoms with Crippen LogP contribution in [0.4, 0.5) is 4.39 Å². The van der Waals surface area contributed by atoms with Crippen LogP contribution in [0.2, 0.25) is 0 Å². The average molecular weight is 328 g/mol. The number of hydrogen-bond acceptors (Lipinski definition) is 1. The minimum atomic E-state index is -0.145. The number of rotatable bonds is 4. The fraction of sp³-hybridized carbons (Fsp3) is 0.625. The summed E-state index contributed by atoms with van der Waals surface area (Å²) in [5.41, 5.74) is 1.11. The fourth-order valence-corrected chi connectivity index (χ4v) is 3.88. The maximum Gasteiger partial charge on any atom is 0.124 e. The lowest BCUT2D eigenvalue weighted by Crippen LogP contribution is -2.39. The quantitative estimate of drug-likeness (QED) is 0.855. The second kappa shape index (κ2) is 6.85. The van der Waals surface area contributed by atoms with Gasteiger partial charge in [-0.1, -0.05) is 29.3 Å². The first-order valence-corrected chi connectivity index (χ1v) is 8.04. The van der Waals surface area contributed by atoms with Crippen molar-refractivity contribution in [3.63, 3.8) is 0 Å². The molecule has 0 heterocycles. The van der Waals surface area contributed by atoms with Crippen molar-refractivity contribution < 1.29 is 4.39 Å². The molecule has 1 aliphatic carbocycles. The topological polar surface area (TPSA) is 12.0 Å². The van der Waals surface area contributed by atoms with Crippen molar-refractivity contribution in [2.75, 3.05) is 7.05 Å². The third-order valence-electron chi connectivity index (χ3n) is 4.46. The van der Waals surface area contributed by atoms with Gasteiger partial charge in [-0.2, -0.15) is 0 Å². The molecule has 0 radical (unpaired) electrons. The van der Waals surface area contributed by atoms with Crippen LogP contribution in [-0.2, 0) is 6.42 Å². The van der Waals surface area contributed by atoms with E-state index in [4.69, 9.17) is 0 Å². The summed E-state index contributed by atoms with van der Waals surface area (Å²) >= 11 is 3.38. The Hall–Kier alpha value is -0.410. The summed E-state index contributed by atoms with van der Waals surface area (Å²) in [4.78, 5) is 0. The van der Waals surface area contributed by atoms with Crippen molar-refractivity contribution in [1.82, 2.24) is 5.32 Å². The van der Waals surface area contributed by atoms with Crippen molar-refractivity contribution in [2.24, 2.45) is 11.8 Å². The van der Waals surface area contributed by atoms with Gasteiger partial charge in [0, 0.05) is 10.5 Å². The largest absolute Gasteiger partial charge is 0.317 e. The average Bonchev–Trinajstić information content (AvgIpc) is 2.37. The van der Waals surface area contributed by atoms with Gasteiger partial charge in [-0.15, -0.1) is 0 Å². The predicted molar refractivity (Wildman–Crippen MR) is 81.8 cm³/mol. The smallest absolute Gasteiger partial charge is 0.124 e. The molecular weight excluding hydrogens is 305 g/mol. The van der Waals surface area contributed by atoms with Gasteiger partial charge < -0.3 is 5.32 Å². The van der Waals surface area contributed by atoms with E-state index in [0.29, 0.717) is 12.0 Å². The molecule has 0 amide bonds. The Bertz CT molecular complexity index is 401. The summed E-state index contributed by atoms with van der Waals surface area (Å²) in [7, 11) is 2.05. The van der Waals surface area contributed by atoms with Gasteiger partial charge in [0.25, 0.3) is 0 Å². The monoisotopic (exact) mass is 327 g/mol. The van der Waals surface area contributed by atoms with Crippen LogP contribution in [-0.4, -0.2) is 13.1 Å². The van der Waals surface area contributed by atoms with E-state index in [0.717, 1.165) is 22.4 Å². The minimum absolute atomic E-state index is 0.145. The summed E-state index contributed by atoms with van der Waals surface area (Å²) in [6.07, 6.45) is 6.07. The first kappa shape index (κ1) is 15.0. The molecule has 1 fully saturated rings. The summed E-state index contributed by atoms with van der Waals surface area (Å²) in [6, 6.07) is 5.82. The van der Waals surface area contributed by atoms with Gasteiger partial charge in [-0.3, -0.25) is 0 Å². The molecule has 1 nitrogen and oxygen atoms in total. The number of nitrogens with one attached hydrogen (secondary N) is 1. The van der Waals surface area contributed by atoms with Crippen molar-refractivity contribution >= 4 is 15.9 Å². The zero-order valence-electron chi connectivity index (χ0n) is 11.8. The van der Waals surface area contributed by atoms with Crippen molar-refractivity contribution in [3.8, 4) is 0 Å². The summed E-state index contributed by atoms with van der Waals surface area (Å²) in [5, 5.41) is 3.44. The first-order valence-electron chi connectivity index (χ1n) is 7.24. The molecule has 19 heavy (non-hydrogen) atoms. The van der Waals surface area contributed by atoms with E-state index in [1.165, 1.54) is 31.7 Å². The van der Waals surface area contributed by atoms with E-state index in [-0.39, 0.29) is 5.82 Å². The zero-order valence-corrected chi connectivity index (χ0v) is 13.3. The van der Waals surface area contributed by atoms with E-state index in [1.807, 2.05) is 13.1 Å². The Morgan fingerprint density at radius 1 is 1.32 bits per heavy atom. The highest BCUT2D eigenvalue weighted by molar-refractivity contribution is 9.10. The van der Waals surface area contributed by atoms with E-state index in [1.54, 1.807) is 6.07 Å². The molecule has 1 N–H and O–H groups in total. The van der Waals surface area contributed by atoms with E-state index >= 15 is 0 Å². The van der Waals surface area contributed by atoms with Gasteiger partial charge in [-0.25, -0.2) is 4.39 Å². The third kappa shape index (κ3) is 4.03. The van der Waals surface area contributed by atoms with Crippen molar-refractivity contribution in [1.29, 1.82) is 0 Å². The normalized spacial score (nSPS) is 27.5. The maximum absolute atomic E-state index is 13.5. The van der Waals surface area contributed by atoms with Gasteiger partial charge in [0.05, 0.1) is 0 Å². The first-order chi connectivity index (χ1) is 9.12. The highest BCUT2D eigenvalue weighted by Crippen LogP contribution is 2.33. The molecule has 0 spiro atoms. The molecule has 2 rings (SSSR count). The molecule has 106 valence electrons. The number of halogens is 2. The second-order valence-electron chi connectivity index (χ2n) is 5.72. The lowest BCUT2D eigenvalue weighted by Gasteiger charge is -2.36. The molecule has 1 aliphatic rings. The molecule has 1 saturated carbocycles. The summed E-state index contributed by atoms with van der Waals surface area (Å²) < 4.78 is 14.3. The molecule has 0 saturated heterocycles. The summed E-state index contributed by atoms with van der Waals surface area (Å²) in [6.45, 7) is 2.28. The number of hydrogen-bond donors (Lipinski definition) is 1. The van der Waals surface area contributed by atoms with Crippen LogP contribution in [0, 0.1) is 17.7 Å². The Labute approximate surface area is 124 Å². The zero-order chi connectivity index (χ0) is 13.8. The second-order valence-corrected chi connectivity index (χ2v) is 6.64. The molecule has 0 bridgehead atoms. The Kier molecular flexibility index (Phi) is 5.40. The van der Waals surface area contributed by atoms with Crippen LogP contribution in [0.15, 0.2) is 22.7 Å². The number of benzene rings is 1. The fourth-order valence-electron chi connectivity index (χ4n) is 3.37. The maximum atomic E-state index is 13.5. The Balaban J connectivity index is 2.09. The highest BCUT2D eigenvalue weighted by atomic mass is 79.9. The minimum Gasteiger partial charge on any atom is -0.317 e. The van der Waals surface area contributed by atoms with Gasteiger partial charge in [0.15, 0.2) is 0 Å². The highest BCUT2D eigenvalue weighted by Gasteiger charge is 2.28. The van der Waals surface area contributed by atoms with Crippen molar-refractivity contribution in [3.05, 3.63) is 34.1 Å². The molecule has 0 aromatic heterocycles. The molecule has 1 aromatic carbocycles. The van der Waals surface area contributed by atoms with Crippen molar-refractivity contribution in [2.45, 2.75) is 45.1 Å².